The molecular weight excluding hydrogens is 348 g/mol. The first-order valence-electron chi connectivity index (χ1n) is 11.1. The predicted molar refractivity (Wildman–Crippen MR) is 110 cm³/mol. The lowest BCUT2D eigenvalue weighted by Crippen LogP contribution is -2.61. The molecule has 2 heterocycles. The van der Waals surface area contributed by atoms with Crippen LogP contribution in [0.2, 0.25) is 0 Å². The zero-order chi connectivity index (χ0) is 19.1. The van der Waals surface area contributed by atoms with E-state index in [1.165, 1.54) is 51.4 Å². The fourth-order valence-electron chi connectivity index (χ4n) is 6.03. The van der Waals surface area contributed by atoms with Crippen LogP contribution in [0.5, 0.6) is 0 Å². The zero-order valence-electron chi connectivity index (χ0n) is 16.8. The molecule has 0 bridgehead atoms. The van der Waals surface area contributed by atoms with E-state index in [1.54, 1.807) is 0 Å². The number of carbonyl (C=O) groups is 1. The van der Waals surface area contributed by atoms with Gasteiger partial charge in [-0.3, -0.25) is 9.69 Å². The van der Waals surface area contributed by atoms with Crippen LogP contribution in [0, 0.1) is 5.92 Å². The van der Waals surface area contributed by atoms with Gasteiger partial charge in [-0.1, -0.05) is 69.4 Å². The van der Waals surface area contributed by atoms with Crippen molar-refractivity contribution >= 4 is 11.9 Å². The summed E-state index contributed by atoms with van der Waals surface area (Å²) in [7, 11) is 0. The molecule has 3 aliphatic rings. The molecule has 0 saturated heterocycles. The van der Waals surface area contributed by atoms with Crippen LogP contribution in [-0.2, 0) is 10.3 Å². The molecule has 5 nitrogen and oxygen atoms in total. The molecule has 2 aliphatic carbocycles. The fourth-order valence-corrected chi connectivity index (χ4v) is 6.03. The van der Waals surface area contributed by atoms with E-state index >= 15 is 0 Å². The Bertz CT molecular complexity index is 853. The summed E-state index contributed by atoms with van der Waals surface area (Å²) in [6, 6.07) is 10.5. The number of hydrogen-bond acceptors (Lipinski definition) is 3. The van der Waals surface area contributed by atoms with Crippen LogP contribution in [-0.4, -0.2) is 26.7 Å². The van der Waals surface area contributed by atoms with E-state index in [2.05, 4.69) is 16.8 Å². The number of rotatable bonds is 2. The van der Waals surface area contributed by atoms with Crippen LogP contribution >= 0.6 is 0 Å². The number of hydrogen-bond donors (Lipinski definition) is 0. The Morgan fingerprint density at radius 2 is 1.82 bits per heavy atom. The Hall–Kier alpha value is -2.17. The summed E-state index contributed by atoms with van der Waals surface area (Å²) in [5, 5.41) is 5.07. The number of aromatic nitrogens is 3. The third-order valence-corrected chi connectivity index (χ3v) is 7.30. The van der Waals surface area contributed by atoms with Gasteiger partial charge in [0, 0.05) is 23.9 Å². The van der Waals surface area contributed by atoms with Crippen LogP contribution in [0.1, 0.15) is 71.1 Å². The molecule has 2 atom stereocenters. The van der Waals surface area contributed by atoms with Gasteiger partial charge in [-0.05, 0) is 25.7 Å². The first-order valence-corrected chi connectivity index (χ1v) is 11.1. The lowest BCUT2D eigenvalue weighted by molar-refractivity contribution is -0.120. The number of anilines is 1. The Balaban J connectivity index is 1.70. The summed E-state index contributed by atoms with van der Waals surface area (Å²) in [6.45, 7) is 1.96. The number of nitrogens with zero attached hydrogens (tertiary/aromatic N) is 4. The Morgan fingerprint density at radius 3 is 2.57 bits per heavy atom. The summed E-state index contributed by atoms with van der Waals surface area (Å²) in [4.78, 5) is 20.0. The van der Waals surface area contributed by atoms with Gasteiger partial charge in [-0.15, -0.1) is 5.10 Å². The molecule has 28 heavy (non-hydrogen) atoms. The highest BCUT2D eigenvalue weighted by Crippen LogP contribution is 2.53. The highest BCUT2D eigenvalue weighted by atomic mass is 16.2. The molecule has 5 heteroatoms. The van der Waals surface area contributed by atoms with Gasteiger partial charge in [0.1, 0.15) is 0 Å². The van der Waals surface area contributed by atoms with Crippen molar-refractivity contribution in [2.45, 2.75) is 82.7 Å². The molecule has 1 aliphatic heterocycles. The van der Waals surface area contributed by atoms with Gasteiger partial charge in [0.25, 0.3) is 0 Å². The van der Waals surface area contributed by atoms with Gasteiger partial charge in [-0.25, -0.2) is 4.68 Å². The lowest BCUT2D eigenvalue weighted by atomic mass is 9.64. The monoisotopic (exact) mass is 378 g/mol. The molecule has 0 radical (unpaired) electrons. The van der Waals surface area contributed by atoms with Gasteiger partial charge in [0.05, 0.1) is 5.54 Å². The van der Waals surface area contributed by atoms with E-state index in [0.717, 1.165) is 23.8 Å². The largest absolute Gasteiger partial charge is 0.277 e. The highest BCUT2D eigenvalue weighted by molar-refractivity contribution is 5.92. The van der Waals surface area contributed by atoms with Crippen molar-refractivity contribution in [1.82, 2.24) is 14.8 Å². The molecule has 2 fully saturated rings. The van der Waals surface area contributed by atoms with Crippen LogP contribution in [0.4, 0.5) is 5.95 Å². The third-order valence-electron chi connectivity index (χ3n) is 7.30. The van der Waals surface area contributed by atoms with Crippen molar-refractivity contribution in [3.63, 3.8) is 0 Å². The summed E-state index contributed by atoms with van der Waals surface area (Å²) in [6.07, 6.45) is 11.5. The van der Waals surface area contributed by atoms with Crippen molar-refractivity contribution in [1.29, 1.82) is 0 Å². The molecule has 1 aromatic carbocycles. The van der Waals surface area contributed by atoms with Crippen molar-refractivity contribution in [2.75, 3.05) is 4.90 Å². The van der Waals surface area contributed by atoms with Crippen molar-refractivity contribution in [3.8, 4) is 11.4 Å². The first kappa shape index (κ1) is 17.9. The molecule has 2 aromatic rings. The molecule has 0 N–H and O–H groups in total. The van der Waals surface area contributed by atoms with Gasteiger partial charge in [0.15, 0.2) is 5.82 Å². The number of carbonyl (C=O) groups excluding carboxylic acids is 1. The summed E-state index contributed by atoms with van der Waals surface area (Å²) >= 11 is 0. The maximum Gasteiger partial charge on any atom is 0.231 e. The average Bonchev–Trinajstić information content (AvgIpc) is 3.21. The first-order chi connectivity index (χ1) is 13.7. The predicted octanol–water partition coefficient (Wildman–Crippen LogP) is 4.92. The summed E-state index contributed by atoms with van der Waals surface area (Å²) in [5.74, 6) is 2.26. The van der Waals surface area contributed by atoms with Crippen LogP contribution in [0.3, 0.4) is 0 Å². The topological polar surface area (TPSA) is 51.0 Å². The van der Waals surface area contributed by atoms with E-state index in [4.69, 9.17) is 10.1 Å². The van der Waals surface area contributed by atoms with E-state index in [0.29, 0.717) is 18.4 Å². The van der Waals surface area contributed by atoms with E-state index in [9.17, 15) is 4.79 Å². The van der Waals surface area contributed by atoms with Gasteiger partial charge >= 0.3 is 0 Å². The molecule has 1 amide bonds. The second-order valence-electron chi connectivity index (χ2n) is 8.75. The third kappa shape index (κ3) is 2.62. The summed E-state index contributed by atoms with van der Waals surface area (Å²) < 4.78 is 2.20. The molecular formula is C23H30N4O. The zero-order valence-corrected chi connectivity index (χ0v) is 16.8. The molecule has 1 spiro atoms. The smallest absolute Gasteiger partial charge is 0.231 e. The van der Waals surface area contributed by atoms with Crippen molar-refractivity contribution in [3.05, 3.63) is 30.3 Å². The second-order valence-corrected chi connectivity index (χ2v) is 8.75. The molecule has 2 saturated carbocycles. The summed E-state index contributed by atoms with van der Waals surface area (Å²) in [5.41, 5.74) is 1.07. The normalized spacial score (nSPS) is 26.0. The fraction of sp³-hybridized carbons (Fsp3) is 0.609. The maximum atomic E-state index is 13.0. The maximum absolute atomic E-state index is 13.0. The highest BCUT2D eigenvalue weighted by Gasteiger charge is 2.54. The van der Waals surface area contributed by atoms with Gasteiger partial charge in [-0.2, -0.15) is 4.98 Å². The molecule has 2 unspecified atom stereocenters. The number of amides is 1. The molecule has 5 rings (SSSR count). The van der Waals surface area contributed by atoms with Crippen LogP contribution < -0.4 is 4.90 Å². The molecule has 1 aromatic heterocycles. The molecule has 148 valence electrons. The number of benzene rings is 1. The second kappa shape index (κ2) is 7.02. The van der Waals surface area contributed by atoms with Gasteiger partial charge < -0.3 is 0 Å². The number of fused-ring (bicyclic) bond motifs is 4. The standard InChI is InChI=1S/C23H30N4O/c1-2-20(28)26-19-14-8-7-13-18(19)23(15-9-4-10-16-23)27-22(26)24-21(25-27)17-11-5-3-6-12-17/h3,5-6,11-12,18-19H,2,4,7-10,13-16H2,1H3. The minimum Gasteiger partial charge on any atom is -0.277 e. The van der Waals surface area contributed by atoms with Crippen molar-refractivity contribution < 1.29 is 4.79 Å². The Labute approximate surface area is 167 Å². The van der Waals surface area contributed by atoms with E-state index in [-0.39, 0.29) is 11.4 Å². The van der Waals surface area contributed by atoms with E-state index in [1.807, 2.05) is 30.0 Å². The van der Waals surface area contributed by atoms with Gasteiger partial charge in [0.2, 0.25) is 11.9 Å². The Kier molecular flexibility index (Phi) is 4.48. The lowest BCUT2D eigenvalue weighted by Gasteiger charge is -2.55. The van der Waals surface area contributed by atoms with Crippen molar-refractivity contribution in [2.24, 2.45) is 5.92 Å². The quantitative estimate of drug-likeness (QED) is 0.745. The van der Waals surface area contributed by atoms with Crippen LogP contribution in [0.15, 0.2) is 30.3 Å². The minimum atomic E-state index is 0.0449. The van der Waals surface area contributed by atoms with E-state index < -0.39 is 0 Å². The van der Waals surface area contributed by atoms with Crippen LogP contribution in [0.25, 0.3) is 11.4 Å². The Morgan fingerprint density at radius 1 is 1.07 bits per heavy atom. The SMILES string of the molecule is CCC(=O)N1c2nc(-c3ccccc3)nn2C2(CCCCC2)C2CCCCC21. The average molecular weight is 379 g/mol. The minimum absolute atomic E-state index is 0.0449.